The second kappa shape index (κ2) is 16.2. The van der Waals surface area contributed by atoms with Crippen LogP contribution < -0.4 is 16.0 Å². The van der Waals surface area contributed by atoms with Crippen LogP contribution in [0.5, 0.6) is 11.5 Å². The number of methoxy groups -OCH3 is 2. The predicted octanol–water partition coefficient (Wildman–Crippen LogP) is 4.18. The van der Waals surface area contributed by atoms with Gasteiger partial charge >= 0.3 is 6.09 Å². The molecule has 6 atom stereocenters. The summed E-state index contributed by atoms with van der Waals surface area (Å²) in [6.07, 6.45) is 4.73. The third-order valence-electron chi connectivity index (χ3n) is 7.63. The first-order valence-electron chi connectivity index (χ1n) is 14.2. The zero-order chi connectivity index (χ0) is 32.4. The number of carbonyl (C=O) groups is 2. The number of aliphatic hydroxyl groups excluding tert-OH is 1. The summed E-state index contributed by atoms with van der Waals surface area (Å²) in [7, 11) is 4.47. The Kier molecular flexibility index (Phi) is 13.3. The fraction of sp³-hybridized carbons (Fsp3) is 0.500. The number of benzene rings is 1. The first-order valence-corrected chi connectivity index (χ1v) is 14.2. The molecule has 0 saturated carbocycles. The number of aliphatic hydroxyl groups is 1. The van der Waals surface area contributed by atoms with Gasteiger partial charge in [-0.1, -0.05) is 44.2 Å². The maximum absolute atomic E-state index is 13.4. The van der Waals surface area contributed by atoms with Crippen LogP contribution in [0.1, 0.15) is 39.7 Å². The lowest BCUT2D eigenvalue weighted by molar-refractivity contribution is -0.114. The van der Waals surface area contributed by atoms with Gasteiger partial charge in [-0.3, -0.25) is 4.79 Å². The van der Waals surface area contributed by atoms with Gasteiger partial charge in [0.2, 0.25) is 0 Å². The van der Waals surface area contributed by atoms with Crippen LogP contribution in [0.15, 0.2) is 54.2 Å². The van der Waals surface area contributed by atoms with Gasteiger partial charge in [0.15, 0.2) is 6.10 Å². The molecule has 0 radical (unpaired) electrons. The summed E-state index contributed by atoms with van der Waals surface area (Å²) in [6, 6.07) is 1.34. The number of hydrogen-bond donors (Lipinski definition) is 5. The van der Waals surface area contributed by atoms with Crippen molar-refractivity contribution in [2.75, 3.05) is 38.0 Å². The Hall–Kier alpha value is -3.80. The lowest BCUT2D eigenvalue weighted by Crippen LogP contribution is -2.37. The molecule has 0 spiro atoms. The standard InChI is InChI=1S/C32H47N3O8/c1-9-13-34-27-22-14-18(2)15-26(42-8)28(37)20(4)16-21(5)30(43-32(33)40)25(41-7)12-10-11-19(3)31(39)35(6)23(29(22)38)17-24(27)36/h9-12,16-18,20,25-26,28,30,34,36-38H,1,13-15H2,2-8H3,(H2,33,40)/b12-10-,19-11+,21-16+/t18-,20+,25+,26?,28+,30+/m1/s1. The van der Waals surface area contributed by atoms with E-state index in [9.17, 15) is 24.9 Å². The zero-order valence-corrected chi connectivity index (χ0v) is 26.2. The van der Waals surface area contributed by atoms with E-state index in [2.05, 4.69) is 11.9 Å². The molecule has 11 nitrogen and oxygen atoms in total. The first-order chi connectivity index (χ1) is 20.3. The van der Waals surface area contributed by atoms with E-state index in [0.29, 0.717) is 41.8 Å². The molecular weight excluding hydrogens is 554 g/mol. The summed E-state index contributed by atoms with van der Waals surface area (Å²) in [5.41, 5.74) is 7.19. The Morgan fingerprint density at radius 3 is 2.49 bits per heavy atom. The molecule has 0 aromatic heterocycles. The minimum Gasteiger partial charge on any atom is -0.506 e. The van der Waals surface area contributed by atoms with Gasteiger partial charge in [-0.15, -0.1) is 6.58 Å². The number of aromatic hydroxyl groups is 2. The number of primary amides is 1. The van der Waals surface area contributed by atoms with Crippen molar-refractivity contribution < 1.29 is 39.1 Å². The molecule has 2 amide bonds. The van der Waals surface area contributed by atoms with Crippen molar-refractivity contribution in [2.45, 2.75) is 65.0 Å². The topological polar surface area (TPSA) is 164 Å². The van der Waals surface area contributed by atoms with E-state index in [1.807, 2.05) is 13.8 Å². The minimum atomic E-state index is -0.987. The van der Waals surface area contributed by atoms with E-state index in [1.165, 1.54) is 32.2 Å². The Morgan fingerprint density at radius 2 is 1.91 bits per heavy atom. The number of nitrogens with zero attached hydrogens (tertiary/aromatic N) is 1. The normalized spacial score (nSPS) is 29.1. The van der Waals surface area contributed by atoms with Gasteiger partial charge in [0, 0.05) is 50.9 Å². The largest absolute Gasteiger partial charge is 0.506 e. The Bertz CT molecular complexity index is 1240. The molecule has 1 unspecified atom stereocenters. The van der Waals surface area contributed by atoms with Gasteiger partial charge < -0.3 is 45.5 Å². The number of fused-ring (bicyclic) bond motifs is 2. The number of phenolic OH excluding ortho intramolecular Hbond substituents is 2. The maximum Gasteiger partial charge on any atom is 0.405 e. The highest BCUT2D eigenvalue weighted by molar-refractivity contribution is 6.06. The lowest BCUT2D eigenvalue weighted by atomic mass is 9.87. The van der Waals surface area contributed by atoms with Gasteiger partial charge in [-0.05, 0) is 38.2 Å². The van der Waals surface area contributed by atoms with Crippen LogP contribution in [-0.2, 0) is 25.4 Å². The molecule has 11 heteroatoms. The summed E-state index contributed by atoms with van der Waals surface area (Å²) in [6.45, 7) is 11.2. The van der Waals surface area contributed by atoms with E-state index in [0.717, 1.165) is 0 Å². The number of hydrogen-bond acceptors (Lipinski definition) is 9. The van der Waals surface area contributed by atoms with Crippen molar-refractivity contribution in [3.05, 3.63) is 59.7 Å². The van der Waals surface area contributed by atoms with Crippen molar-refractivity contribution >= 4 is 23.4 Å². The highest BCUT2D eigenvalue weighted by Crippen LogP contribution is 2.44. The van der Waals surface area contributed by atoms with Crippen molar-refractivity contribution in [2.24, 2.45) is 17.6 Å². The zero-order valence-electron chi connectivity index (χ0n) is 26.2. The average molecular weight is 602 g/mol. The third kappa shape index (κ3) is 9.09. The van der Waals surface area contributed by atoms with Gasteiger partial charge in [0.05, 0.1) is 23.6 Å². The average Bonchev–Trinajstić information content (AvgIpc) is 2.96. The fourth-order valence-electron chi connectivity index (χ4n) is 5.28. The number of nitrogens with two attached hydrogens (primary N) is 1. The predicted molar refractivity (Wildman–Crippen MR) is 167 cm³/mol. The molecule has 0 saturated heterocycles. The molecule has 1 aliphatic rings. The smallest absolute Gasteiger partial charge is 0.405 e. The van der Waals surface area contributed by atoms with Crippen LogP contribution in [0.3, 0.4) is 0 Å². The minimum absolute atomic E-state index is 0.130. The van der Waals surface area contributed by atoms with E-state index >= 15 is 0 Å². The number of allylic oxidation sites excluding steroid dienone is 2. The van der Waals surface area contributed by atoms with Crippen molar-refractivity contribution in [3.63, 3.8) is 0 Å². The maximum atomic E-state index is 13.4. The number of rotatable bonds is 6. The Balaban J connectivity index is 2.73. The summed E-state index contributed by atoms with van der Waals surface area (Å²) in [5, 5.41) is 36.8. The highest BCUT2D eigenvalue weighted by atomic mass is 16.6. The Morgan fingerprint density at radius 1 is 1.23 bits per heavy atom. The summed E-state index contributed by atoms with van der Waals surface area (Å²) >= 11 is 0. The number of phenols is 2. The van der Waals surface area contributed by atoms with Crippen molar-refractivity contribution in [1.29, 1.82) is 0 Å². The molecule has 6 N–H and O–H groups in total. The molecular formula is C32H47N3O8. The molecule has 43 heavy (non-hydrogen) atoms. The molecule has 1 aromatic rings. The first kappa shape index (κ1) is 35.4. The van der Waals surface area contributed by atoms with Crippen molar-refractivity contribution in [3.8, 4) is 11.5 Å². The van der Waals surface area contributed by atoms with E-state index in [-0.39, 0.29) is 23.1 Å². The van der Waals surface area contributed by atoms with Crippen LogP contribution >= 0.6 is 0 Å². The van der Waals surface area contributed by atoms with Gasteiger partial charge in [-0.2, -0.15) is 0 Å². The summed E-state index contributed by atoms with van der Waals surface area (Å²) in [4.78, 5) is 26.4. The molecule has 0 fully saturated rings. The molecule has 1 aliphatic heterocycles. The molecule has 1 aromatic carbocycles. The van der Waals surface area contributed by atoms with Crippen LogP contribution in [0, 0.1) is 11.8 Å². The quantitative estimate of drug-likeness (QED) is 0.183. The number of ether oxygens (including phenoxy) is 3. The SMILES string of the molecule is C=CCNc1c(O)cc2c(O)c1C[C@@H](C)CC(OC)[C@@H](O)[C@@H](C)/C=C(\C)[C@H](OC(N)=O)[C@@H](OC)/C=C\C=C(/C)C(=O)N2C. The third-order valence-corrected chi connectivity index (χ3v) is 7.63. The number of nitrogens with one attached hydrogen (secondary N) is 1. The molecule has 2 bridgehead atoms. The fourth-order valence-corrected chi connectivity index (χ4v) is 5.28. The van der Waals surface area contributed by atoms with Crippen LogP contribution in [-0.4, -0.2) is 79.5 Å². The second-order valence-electron chi connectivity index (χ2n) is 11.0. The van der Waals surface area contributed by atoms with Crippen molar-refractivity contribution in [1.82, 2.24) is 0 Å². The number of amides is 2. The Labute approximate surface area is 254 Å². The lowest BCUT2D eigenvalue weighted by Gasteiger charge is -2.30. The van der Waals surface area contributed by atoms with Gasteiger partial charge in [-0.25, -0.2) is 4.79 Å². The van der Waals surface area contributed by atoms with E-state index < -0.39 is 42.3 Å². The molecule has 2 rings (SSSR count). The summed E-state index contributed by atoms with van der Waals surface area (Å²) in [5.74, 6) is -1.27. The van der Waals surface area contributed by atoms with Gasteiger partial charge in [0.25, 0.3) is 5.91 Å². The second-order valence-corrected chi connectivity index (χ2v) is 11.0. The van der Waals surface area contributed by atoms with E-state index in [4.69, 9.17) is 19.9 Å². The number of anilines is 2. The molecule has 238 valence electrons. The van der Waals surface area contributed by atoms with Crippen LogP contribution in [0.4, 0.5) is 16.2 Å². The van der Waals surface area contributed by atoms with Gasteiger partial charge in [0.1, 0.15) is 17.6 Å². The van der Waals surface area contributed by atoms with Crippen LogP contribution in [0.2, 0.25) is 0 Å². The number of likely N-dealkylation sites (N-methyl/N-ethyl adjacent to an activating group) is 1. The molecule has 0 aliphatic carbocycles. The monoisotopic (exact) mass is 601 g/mol. The summed E-state index contributed by atoms with van der Waals surface area (Å²) < 4.78 is 16.7. The molecule has 1 heterocycles. The van der Waals surface area contributed by atoms with E-state index in [1.54, 1.807) is 44.2 Å². The highest BCUT2D eigenvalue weighted by Gasteiger charge is 2.30. The van der Waals surface area contributed by atoms with Crippen LogP contribution in [0.25, 0.3) is 0 Å². The number of carbonyl (C=O) groups excluding carboxylic acids is 2.